The quantitative estimate of drug-likeness (QED) is 0.850. The van der Waals surface area contributed by atoms with E-state index >= 15 is 0 Å². The van der Waals surface area contributed by atoms with Crippen LogP contribution in [0.3, 0.4) is 0 Å². The lowest BCUT2D eigenvalue weighted by Crippen LogP contribution is -2.42. The Balaban J connectivity index is 1.63. The Labute approximate surface area is 138 Å². The van der Waals surface area contributed by atoms with Gasteiger partial charge in [0.15, 0.2) is 0 Å². The second kappa shape index (κ2) is 6.41. The zero-order valence-electron chi connectivity index (χ0n) is 12.1. The topological polar surface area (TPSA) is 49.3 Å². The first-order chi connectivity index (χ1) is 10.6. The molecule has 1 aromatic heterocycles. The first kappa shape index (κ1) is 15.5. The van der Waals surface area contributed by atoms with Gasteiger partial charge in [-0.3, -0.25) is 4.79 Å². The molecule has 3 nitrogen and oxygen atoms in total. The zero-order chi connectivity index (χ0) is 15.6. The molecule has 1 heterocycles. The van der Waals surface area contributed by atoms with Crippen LogP contribution in [0, 0.1) is 5.92 Å². The molecule has 1 aromatic carbocycles. The number of benzene rings is 1. The zero-order valence-corrected chi connectivity index (χ0v) is 13.7. The molecule has 0 radical (unpaired) electrons. The molecular formula is C17H18ClNO2S. The summed E-state index contributed by atoms with van der Waals surface area (Å²) in [7, 11) is 0. The maximum Gasteiger partial charge on any atom is 0.224 e. The van der Waals surface area contributed by atoms with Crippen molar-refractivity contribution < 1.29 is 9.90 Å². The van der Waals surface area contributed by atoms with Crippen LogP contribution in [-0.2, 0) is 16.8 Å². The molecule has 1 atom stereocenters. The number of aliphatic hydroxyl groups is 1. The third-order valence-electron chi connectivity index (χ3n) is 4.06. The minimum absolute atomic E-state index is 0.122. The molecule has 22 heavy (non-hydrogen) atoms. The van der Waals surface area contributed by atoms with Crippen molar-refractivity contribution in [2.24, 2.45) is 5.92 Å². The van der Waals surface area contributed by atoms with Gasteiger partial charge in [0.1, 0.15) is 5.60 Å². The molecule has 0 aliphatic heterocycles. The number of thiophene rings is 1. The Hall–Kier alpha value is -1.36. The van der Waals surface area contributed by atoms with Gasteiger partial charge in [-0.1, -0.05) is 35.9 Å². The monoisotopic (exact) mass is 335 g/mol. The first-order valence-corrected chi connectivity index (χ1v) is 8.62. The number of carbonyl (C=O) groups excluding carboxylic acids is 1. The molecule has 1 amide bonds. The highest BCUT2D eigenvalue weighted by Gasteiger charge is 2.45. The highest BCUT2D eigenvalue weighted by molar-refractivity contribution is 7.10. The van der Waals surface area contributed by atoms with E-state index in [0.717, 1.165) is 23.3 Å². The molecule has 1 aliphatic carbocycles. The highest BCUT2D eigenvalue weighted by atomic mass is 35.5. The largest absolute Gasteiger partial charge is 0.382 e. The van der Waals surface area contributed by atoms with Gasteiger partial charge in [-0.15, -0.1) is 11.3 Å². The summed E-state index contributed by atoms with van der Waals surface area (Å²) in [6, 6.07) is 11.2. The van der Waals surface area contributed by atoms with Crippen molar-refractivity contribution in [1.82, 2.24) is 5.32 Å². The van der Waals surface area contributed by atoms with E-state index in [1.807, 2.05) is 35.7 Å². The number of halogens is 1. The van der Waals surface area contributed by atoms with Crippen molar-refractivity contribution in [3.63, 3.8) is 0 Å². The fraction of sp³-hybridized carbons (Fsp3) is 0.353. The summed E-state index contributed by atoms with van der Waals surface area (Å²) in [6.45, 7) is 0.251. The van der Waals surface area contributed by atoms with E-state index in [4.69, 9.17) is 11.6 Å². The molecule has 2 aromatic rings. The first-order valence-electron chi connectivity index (χ1n) is 7.36. The molecule has 1 fully saturated rings. The van der Waals surface area contributed by atoms with Gasteiger partial charge >= 0.3 is 0 Å². The lowest BCUT2D eigenvalue weighted by molar-refractivity contribution is -0.122. The van der Waals surface area contributed by atoms with Gasteiger partial charge in [0.2, 0.25) is 5.91 Å². The maximum absolute atomic E-state index is 12.1. The fourth-order valence-corrected chi connectivity index (χ4v) is 3.74. The second-order valence-corrected chi connectivity index (χ2v) is 7.08. The van der Waals surface area contributed by atoms with Gasteiger partial charge in [0, 0.05) is 9.90 Å². The van der Waals surface area contributed by atoms with Gasteiger partial charge in [0.25, 0.3) is 0 Å². The van der Waals surface area contributed by atoms with E-state index < -0.39 is 5.60 Å². The SMILES string of the molecule is O=C(Cc1ccccc1Cl)NCC(O)(c1cccs1)C1CC1. The molecule has 116 valence electrons. The number of nitrogens with one attached hydrogen (secondary N) is 1. The van der Waals surface area contributed by atoms with Crippen molar-refractivity contribution in [2.45, 2.75) is 24.9 Å². The van der Waals surface area contributed by atoms with Gasteiger partial charge in [-0.05, 0) is 41.8 Å². The van der Waals surface area contributed by atoms with Crippen molar-refractivity contribution in [3.8, 4) is 0 Å². The minimum Gasteiger partial charge on any atom is -0.382 e. The summed E-state index contributed by atoms with van der Waals surface area (Å²) in [5.74, 6) is 0.121. The van der Waals surface area contributed by atoms with Crippen LogP contribution in [0.4, 0.5) is 0 Å². The standard InChI is InChI=1S/C17H18ClNO2S/c18-14-5-2-1-4-12(14)10-16(20)19-11-17(21,13-7-8-13)15-6-3-9-22-15/h1-6,9,13,21H,7-8,10-11H2,(H,19,20). The van der Waals surface area contributed by atoms with Crippen LogP contribution in [0.5, 0.6) is 0 Å². The average molecular weight is 336 g/mol. The van der Waals surface area contributed by atoms with Crippen LogP contribution < -0.4 is 5.32 Å². The Morgan fingerprint density at radius 2 is 2.09 bits per heavy atom. The summed E-state index contributed by atoms with van der Waals surface area (Å²) in [5, 5.41) is 16.4. The summed E-state index contributed by atoms with van der Waals surface area (Å²) in [5.41, 5.74) is -0.141. The van der Waals surface area contributed by atoms with Crippen LogP contribution in [0.1, 0.15) is 23.3 Å². The van der Waals surface area contributed by atoms with Crippen LogP contribution in [0.15, 0.2) is 41.8 Å². The van der Waals surface area contributed by atoms with Crippen molar-refractivity contribution >= 4 is 28.8 Å². The fourth-order valence-electron chi connectivity index (χ4n) is 2.63. The molecule has 2 N–H and O–H groups in total. The number of rotatable bonds is 6. The molecule has 3 rings (SSSR count). The Morgan fingerprint density at radius 3 is 2.73 bits per heavy atom. The number of carbonyl (C=O) groups is 1. The van der Waals surface area contributed by atoms with Crippen molar-refractivity contribution in [3.05, 3.63) is 57.2 Å². The Bertz CT molecular complexity index is 654. The van der Waals surface area contributed by atoms with Crippen LogP contribution in [0.2, 0.25) is 5.02 Å². The van der Waals surface area contributed by atoms with E-state index in [1.54, 1.807) is 6.07 Å². The number of hydrogen-bond donors (Lipinski definition) is 2. The summed E-state index contributed by atoms with van der Waals surface area (Å²) in [6.07, 6.45) is 2.24. The predicted molar refractivity (Wildman–Crippen MR) is 89.1 cm³/mol. The lowest BCUT2D eigenvalue weighted by Gasteiger charge is -2.27. The summed E-state index contributed by atoms with van der Waals surface area (Å²) >= 11 is 7.61. The molecule has 1 saturated carbocycles. The molecule has 0 saturated heterocycles. The molecule has 5 heteroatoms. The van der Waals surface area contributed by atoms with E-state index in [1.165, 1.54) is 11.3 Å². The Kier molecular flexibility index (Phi) is 4.52. The summed E-state index contributed by atoms with van der Waals surface area (Å²) < 4.78 is 0. The second-order valence-electron chi connectivity index (χ2n) is 5.72. The third kappa shape index (κ3) is 3.35. The van der Waals surface area contributed by atoms with E-state index in [9.17, 15) is 9.90 Å². The lowest BCUT2D eigenvalue weighted by atomic mass is 9.95. The predicted octanol–water partition coefficient (Wildman–Crippen LogP) is 3.36. The molecule has 1 aliphatic rings. The van der Waals surface area contributed by atoms with Gasteiger partial charge in [-0.2, -0.15) is 0 Å². The smallest absolute Gasteiger partial charge is 0.224 e. The van der Waals surface area contributed by atoms with Crippen molar-refractivity contribution in [1.29, 1.82) is 0 Å². The number of amides is 1. The third-order valence-corrected chi connectivity index (χ3v) is 5.47. The highest BCUT2D eigenvalue weighted by Crippen LogP contribution is 2.46. The van der Waals surface area contributed by atoms with Gasteiger partial charge in [-0.25, -0.2) is 0 Å². The minimum atomic E-state index is -0.940. The number of hydrogen-bond acceptors (Lipinski definition) is 3. The van der Waals surface area contributed by atoms with Crippen LogP contribution in [-0.4, -0.2) is 17.6 Å². The van der Waals surface area contributed by atoms with E-state index in [0.29, 0.717) is 5.02 Å². The van der Waals surface area contributed by atoms with Crippen molar-refractivity contribution in [2.75, 3.05) is 6.54 Å². The van der Waals surface area contributed by atoms with E-state index in [-0.39, 0.29) is 24.8 Å². The average Bonchev–Trinajstić information content (AvgIpc) is 3.22. The molecular weight excluding hydrogens is 318 g/mol. The maximum atomic E-state index is 12.1. The van der Waals surface area contributed by atoms with Crippen LogP contribution >= 0.6 is 22.9 Å². The molecule has 1 unspecified atom stereocenters. The van der Waals surface area contributed by atoms with Gasteiger partial charge < -0.3 is 10.4 Å². The Morgan fingerprint density at radius 1 is 1.32 bits per heavy atom. The van der Waals surface area contributed by atoms with Gasteiger partial charge in [0.05, 0.1) is 13.0 Å². The van der Waals surface area contributed by atoms with Crippen LogP contribution in [0.25, 0.3) is 0 Å². The summed E-state index contributed by atoms with van der Waals surface area (Å²) in [4.78, 5) is 13.1. The van der Waals surface area contributed by atoms with E-state index in [2.05, 4.69) is 5.32 Å². The molecule has 0 bridgehead atoms. The molecule has 0 spiro atoms. The normalized spacial score (nSPS) is 17.0.